The van der Waals surface area contributed by atoms with Gasteiger partial charge in [-0.3, -0.25) is 24.3 Å². The van der Waals surface area contributed by atoms with E-state index in [0.29, 0.717) is 18.7 Å². The van der Waals surface area contributed by atoms with E-state index in [2.05, 4.69) is 15.5 Å². The van der Waals surface area contributed by atoms with Crippen molar-refractivity contribution in [3.63, 3.8) is 0 Å². The number of carbonyl (C=O) groups is 1. The van der Waals surface area contributed by atoms with E-state index < -0.39 is 10.8 Å². The molecule has 0 bridgehead atoms. The summed E-state index contributed by atoms with van der Waals surface area (Å²) in [5.74, 6) is -0.792. The standard InChI is InChI=1S/C16H15FN6O3/c1-2-22-15(13(9-18-22)23(25)26)16(24)19-14-6-7-21(20-14)10-11-4-3-5-12(17)8-11/h3-9H,2,10H2,1H3,(H,19,20,24). The number of rotatable bonds is 6. The Morgan fingerprint density at radius 2 is 2.19 bits per heavy atom. The molecule has 9 nitrogen and oxygen atoms in total. The van der Waals surface area contributed by atoms with Crippen molar-refractivity contribution in [2.75, 3.05) is 5.32 Å². The summed E-state index contributed by atoms with van der Waals surface area (Å²) in [5, 5.41) is 21.6. The largest absolute Gasteiger partial charge is 0.320 e. The molecule has 134 valence electrons. The van der Waals surface area contributed by atoms with Gasteiger partial charge in [-0.05, 0) is 24.6 Å². The van der Waals surface area contributed by atoms with Crippen LogP contribution in [0.1, 0.15) is 23.0 Å². The molecule has 3 aromatic rings. The highest BCUT2D eigenvalue weighted by molar-refractivity contribution is 6.05. The summed E-state index contributed by atoms with van der Waals surface area (Å²) in [4.78, 5) is 22.8. The van der Waals surface area contributed by atoms with Crippen LogP contribution in [0.3, 0.4) is 0 Å². The summed E-state index contributed by atoms with van der Waals surface area (Å²) < 4.78 is 16.0. The van der Waals surface area contributed by atoms with Crippen molar-refractivity contribution in [3.8, 4) is 0 Å². The smallest absolute Gasteiger partial charge is 0.304 e. The minimum atomic E-state index is -0.674. The Balaban J connectivity index is 1.76. The maximum Gasteiger partial charge on any atom is 0.320 e. The molecule has 1 N–H and O–H groups in total. The van der Waals surface area contributed by atoms with Crippen LogP contribution in [-0.4, -0.2) is 30.4 Å². The molecule has 0 saturated heterocycles. The molecule has 0 radical (unpaired) electrons. The van der Waals surface area contributed by atoms with Crippen LogP contribution < -0.4 is 5.32 Å². The monoisotopic (exact) mass is 358 g/mol. The molecule has 1 aromatic carbocycles. The number of nitrogens with zero attached hydrogens (tertiary/aromatic N) is 5. The summed E-state index contributed by atoms with van der Waals surface area (Å²) in [6.07, 6.45) is 2.66. The van der Waals surface area contributed by atoms with Crippen molar-refractivity contribution in [2.24, 2.45) is 0 Å². The summed E-state index contributed by atoms with van der Waals surface area (Å²) in [6, 6.07) is 7.65. The van der Waals surface area contributed by atoms with Gasteiger partial charge in [0.2, 0.25) is 5.69 Å². The average Bonchev–Trinajstić information content (AvgIpc) is 3.21. The molecular weight excluding hydrogens is 343 g/mol. The quantitative estimate of drug-likeness (QED) is 0.538. The normalized spacial score (nSPS) is 10.7. The van der Waals surface area contributed by atoms with Crippen LogP contribution >= 0.6 is 0 Å². The van der Waals surface area contributed by atoms with E-state index in [1.807, 2.05) is 0 Å². The first kappa shape index (κ1) is 17.3. The van der Waals surface area contributed by atoms with Crippen LogP contribution in [0.5, 0.6) is 0 Å². The summed E-state index contributed by atoms with van der Waals surface area (Å²) in [5.41, 5.74) is 0.200. The predicted octanol–water partition coefficient (Wildman–Crippen LogP) is 2.45. The zero-order valence-electron chi connectivity index (χ0n) is 13.8. The molecule has 0 saturated carbocycles. The van der Waals surface area contributed by atoms with Crippen molar-refractivity contribution in [1.82, 2.24) is 19.6 Å². The van der Waals surface area contributed by atoms with Gasteiger partial charge in [0.15, 0.2) is 5.82 Å². The Morgan fingerprint density at radius 1 is 1.38 bits per heavy atom. The molecule has 0 spiro atoms. The zero-order chi connectivity index (χ0) is 18.7. The number of nitro groups is 1. The highest BCUT2D eigenvalue weighted by Crippen LogP contribution is 2.19. The molecule has 2 aromatic heterocycles. The van der Waals surface area contributed by atoms with Gasteiger partial charge in [-0.15, -0.1) is 0 Å². The fraction of sp³-hybridized carbons (Fsp3) is 0.188. The molecule has 26 heavy (non-hydrogen) atoms. The van der Waals surface area contributed by atoms with Gasteiger partial charge >= 0.3 is 5.69 Å². The Bertz CT molecular complexity index is 965. The van der Waals surface area contributed by atoms with Gasteiger partial charge in [-0.2, -0.15) is 10.2 Å². The fourth-order valence-electron chi connectivity index (χ4n) is 2.50. The van der Waals surface area contributed by atoms with E-state index in [9.17, 15) is 19.3 Å². The summed E-state index contributed by atoms with van der Waals surface area (Å²) in [7, 11) is 0. The highest BCUT2D eigenvalue weighted by atomic mass is 19.1. The van der Waals surface area contributed by atoms with Crippen LogP contribution in [-0.2, 0) is 13.1 Å². The third-order valence-electron chi connectivity index (χ3n) is 3.65. The van der Waals surface area contributed by atoms with Gasteiger partial charge in [-0.25, -0.2) is 4.39 Å². The summed E-state index contributed by atoms with van der Waals surface area (Å²) in [6.45, 7) is 2.35. The minimum absolute atomic E-state index is 0.141. The number of anilines is 1. The van der Waals surface area contributed by atoms with Gasteiger partial charge in [-0.1, -0.05) is 12.1 Å². The van der Waals surface area contributed by atoms with Crippen LogP contribution in [0, 0.1) is 15.9 Å². The van der Waals surface area contributed by atoms with Crippen LogP contribution in [0.25, 0.3) is 0 Å². The lowest BCUT2D eigenvalue weighted by molar-refractivity contribution is -0.385. The molecule has 0 aliphatic rings. The number of hydrogen-bond acceptors (Lipinski definition) is 5. The van der Waals surface area contributed by atoms with Crippen molar-refractivity contribution in [1.29, 1.82) is 0 Å². The lowest BCUT2D eigenvalue weighted by atomic mass is 10.2. The highest BCUT2D eigenvalue weighted by Gasteiger charge is 2.26. The fourth-order valence-corrected chi connectivity index (χ4v) is 2.50. The van der Waals surface area contributed by atoms with Crippen LogP contribution in [0.15, 0.2) is 42.7 Å². The Kier molecular flexibility index (Phi) is 4.74. The molecule has 0 unspecified atom stereocenters. The number of amides is 1. The van der Waals surface area contributed by atoms with Crippen molar-refractivity contribution < 1.29 is 14.1 Å². The number of nitrogens with one attached hydrogen (secondary N) is 1. The van der Waals surface area contributed by atoms with Crippen LogP contribution in [0.4, 0.5) is 15.9 Å². The number of aromatic nitrogens is 4. The van der Waals surface area contributed by atoms with E-state index >= 15 is 0 Å². The second-order valence-corrected chi connectivity index (χ2v) is 5.43. The third-order valence-corrected chi connectivity index (χ3v) is 3.65. The van der Waals surface area contributed by atoms with Gasteiger partial charge in [0.25, 0.3) is 5.91 Å². The van der Waals surface area contributed by atoms with Gasteiger partial charge in [0.1, 0.15) is 12.0 Å². The minimum Gasteiger partial charge on any atom is -0.304 e. The van der Waals surface area contributed by atoms with Crippen molar-refractivity contribution in [2.45, 2.75) is 20.0 Å². The lowest BCUT2D eigenvalue weighted by Crippen LogP contribution is -2.19. The topological polar surface area (TPSA) is 108 Å². The lowest BCUT2D eigenvalue weighted by Gasteiger charge is -2.05. The maximum atomic E-state index is 13.2. The van der Waals surface area contributed by atoms with E-state index in [0.717, 1.165) is 6.20 Å². The number of aryl methyl sites for hydroxylation is 1. The third kappa shape index (κ3) is 3.58. The molecule has 2 heterocycles. The SMILES string of the molecule is CCn1ncc([N+](=O)[O-])c1C(=O)Nc1ccn(Cc2cccc(F)c2)n1. The number of halogens is 1. The Morgan fingerprint density at radius 3 is 2.88 bits per heavy atom. The molecular formula is C16H15FN6O3. The predicted molar refractivity (Wildman–Crippen MR) is 90.2 cm³/mol. The molecule has 1 amide bonds. The maximum absolute atomic E-state index is 13.2. The van der Waals surface area contributed by atoms with Crippen LogP contribution in [0.2, 0.25) is 0 Å². The number of carbonyl (C=O) groups excluding carboxylic acids is 1. The van der Waals surface area contributed by atoms with Gasteiger partial charge in [0, 0.05) is 18.8 Å². The summed E-state index contributed by atoms with van der Waals surface area (Å²) >= 11 is 0. The Hall–Kier alpha value is -3.56. The zero-order valence-corrected chi connectivity index (χ0v) is 13.8. The van der Waals surface area contributed by atoms with E-state index in [1.165, 1.54) is 21.5 Å². The first-order chi connectivity index (χ1) is 12.5. The molecule has 0 fully saturated rings. The second-order valence-electron chi connectivity index (χ2n) is 5.43. The van der Waals surface area contributed by atoms with Gasteiger partial charge < -0.3 is 5.32 Å². The molecule has 0 atom stereocenters. The second kappa shape index (κ2) is 7.13. The number of benzene rings is 1. The van der Waals surface area contributed by atoms with E-state index in [-0.39, 0.29) is 23.0 Å². The van der Waals surface area contributed by atoms with Crippen molar-refractivity contribution >= 4 is 17.4 Å². The first-order valence-corrected chi connectivity index (χ1v) is 7.77. The molecule has 0 aliphatic heterocycles. The van der Waals surface area contributed by atoms with E-state index in [4.69, 9.17) is 0 Å². The van der Waals surface area contributed by atoms with Gasteiger partial charge in [0.05, 0.1) is 11.5 Å². The molecule has 0 aliphatic carbocycles. The van der Waals surface area contributed by atoms with Crippen molar-refractivity contribution in [3.05, 3.63) is 69.9 Å². The molecule has 3 rings (SSSR count). The molecule has 10 heteroatoms. The van der Waals surface area contributed by atoms with E-state index in [1.54, 1.807) is 31.3 Å². The number of hydrogen-bond donors (Lipinski definition) is 1. The Labute approximate surface area is 147 Å². The average molecular weight is 358 g/mol. The first-order valence-electron chi connectivity index (χ1n) is 7.77.